The lowest BCUT2D eigenvalue weighted by molar-refractivity contribution is -0.133. The standard InChI is InChI=1S/C11H21N3O2.ClH/c1-9(15)13-10-4-3-7-14(8-10)11(16)5-6-12-2;/h10,12H,3-8H2,1-2H3,(H,13,15);1H. The van der Waals surface area contributed by atoms with Gasteiger partial charge >= 0.3 is 0 Å². The first-order chi connectivity index (χ1) is 7.63. The number of halogens is 1. The Bertz CT molecular complexity index is 261. The molecule has 0 aliphatic carbocycles. The molecule has 17 heavy (non-hydrogen) atoms. The fraction of sp³-hybridized carbons (Fsp3) is 0.818. The number of amides is 2. The molecule has 0 bridgehead atoms. The van der Waals surface area contributed by atoms with E-state index in [1.807, 2.05) is 11.9 Å². The van der Waals surface area contributed by atoms with Crippen molar-refractivity contribution in [1.82, 2.24) is 15.5 Å². The van der Waals surface area contributed by atoms with Gasteiger partial charge in [0.2, 0.25) is 11.8 Å². The van der Waals surface area contributed by atoms with Crippen molar-refractivity contribution < 1.29 is 9.59 Å². The van der Waals surface area contributed by atoms with Crippen molar-refractivity contribution in [2.24, 2.45) is 0 Å². The van der Waals surface area contributed by atoms with Gasteiger partial charge in [0.25, 0.3) is 0 Å². The molecule has 1 atom stereocenters. The first-order valence-corrected chi connectivity index (χ1v) is 5.83. The largest absolute Gasteiger partial charge is 0.352 e. The monoisotopic (exact) mass is 263 g/mol. The number of likely N-dealkylation sites (tertiary alicyclic amines) is 1. The second-order valence-corrected chi connectivity index (χ2v) is 4.23. The van der Waals surface area contributed by atoms with Gasteiger partial charge in [-0.1, -0.05) is 0 Å². The van der Waals surface area contributed by atoms with Gasteiger partial charge < -0.3 is 15.5 Å². The average molecular weight is 264 g/mol. The van der Waals surface area contributed by atoms with Crippen molar-refractivity contribution >= 4 is 24.2 Å². The van der Waals surface area contributed by atoms with Crippen LogP contribution in [0.1, 0.15) is 26.2 Å². The first-order valence-electron chi connectivity index (χ1n) is 5.83. The summed E-state index contributed by atoms with van der Waals surface area (Å²) in [7, 11) is 1.84. The van der Waals surface area contributed by atoms with Crippen LogP contribution in [0, 0.1) is 0 Å². The minimum Gasteiger partial charge on any atom is -0.352 e. The number of carbonyl (C=O) groups is 2. The molecule has 0 spiro atoms. The van der Waals surface area contributed by atoms with Gasteiger partial charge in [0.15, 0.2) is 0 Å². The van der Waals surface area contributed by atoms with E-state index in [1.54, 1.807) is 0 Å². The fourth-order valence-electron chi connectivity index (χ4n) is 2.00. The summed E-state index contributed by atoms with van der Waals surface area (Å²) in [5, 5.41) is 5.84. The van der Waals surface area contributed by atoms with Crippen LogP contribution in [0.5, 0.6) is 0 Å². The van der Waals surface area contributed by atoms with Crippen LogP contribution in [0.25, 0.3) is 0 Å². The summed E-state index contributed by atoms with van der Waals surface area (Å²) >= 11 is 0. The number of rotatable bonds is 4. The maximum Gasteiger partial charge on any atom is 0.223 e. The van der Waals surface area contributed by atoms with Crippen LogP contribution >= 0.6 is 12.4 Å². The Balaban J connectivity index is 0.00000256. The van der Waals surface area contributed by atoms with Gasteiger partial charge in [0.05, 0.1) is 0 Å². The number of nitrogens with one attached hydrogen (secondary N) is 2. The van der Waals surface area contributed by atoms with Crippen molar-refractivity contribution in [3.63, 3.8) is 0 Å². The van der Waals surface area contributed by atoms with Crippen molar-refractivity contribution in [3.8, 4) is 0 Å². The Morgan fingerprint density at radius 3 is 2.71 bits per heavy atom. The van der Waals surface area contributed by atoms with Crippen LogP contribution in [0.2, 0.25) is 0 Å². The topological polar surface area (TPSA) is 61.4 Å². The Morgan fingerprint density at radius 2 is 2.12 bits per heavy atom. The number of nitrogens with zero attached hydrogens (tertiary/aromatic N) is 1. The van der Waals surface area contributed by atoms with E-state index in [0.717, 1.165) is 19.4 Å². The average Bonchev–Trinajstić information content (AvgIpc) is 2.25. The van der Waals surface area contributed by atoms with Gasteiger partial charge in [-0.05, 0) is 19.9 Å². The zero-order valence-corrected chi connectivity index (χ0v) is 11.3. The maximum absolute atomic E-state index is 11.8. The lowest BCUT2D eigenvalue weighted by Gasteiger charge is -2.33. The molecule has 0 aromatic rings. The van der Waals surface area contributed by atoms with E-state index in [9.17, 15) is 9.59 Å². The highest BCUT2D eigenvalue weighted by Gasteiger charge is 2.23. The molecule has 1 fully saturated rings. The Morgan fingerprint density at radius 1 is 1.41 bits per heavy atom. The van der Waals surface area contributed by atoms with Crippen molar-refractivity contribution in [2.75, 3.05) is 26.7 Å². The lowest BCUT2D eigenvalue weighted by Crippen LogP contribution is -2.49. The highest BCUT2D eigenvalue weighted by atomic mass is 35.5. The van der Waals surface area contributed by atoms with E-state index in [2.05, 4.69) is 10.6 Å². The third-order valence-corrected chi connectivity index (χ3v) is 2.77. The molecule has 1 aliphatic rings. The molecule has 100 valence electrons. The summed E-state index contributed by atoms with van der Waals surface area (Å²) in [5.41, 5.74) is 0. The number of piperidine rings is 1. The summed E-state index contributed by atoms with van der Waals surface area (Å²) in [5.74, 6) is 0.152. The minimum atomic E-state index is -0.0190. The minimum absolute atomic E-state index is 0. The van der Waals surface area contributed by atoms with Gasteiger partial charge in [-0.2, -0.15) is 0 Å². The highest BCUT2D eigenvalue weighted by molar-refractivity contribution is 5.85. The molecule has 1 rings (SSSR count). The second-order valence-electron chi connectivity index (χ2n) is 4.23. The molecular formula is C11H22ClN3O2. The van der Waals surface area contributed by atoms with Crippen LogP contribution in [0.15, 0.2) is 0 Å². The molecule has 1 saturated heterocycles. The molecule has 2 N–H and O–H groups in total. The smallest absolute Gasteiger partial charge is 0.223 e. The summed E-state index contributed by atoms with van der Waals surface area (Å²) in [4.78, 5) is 24.5. The predicted octanol–water partition coefficient (Wildman–Crippen LogP) is 0.145. The SMILES string of the molecule is CNCCC(=O)N1CCCC(NC(C)=O)C1.Cl. The molecule has 1 unspecified atom stereocenters. The Labute approximate surface area is 109 Å². The quantitative estimate of drug-likeness (QED) is 0.759. The molecule has 6 heteroatoms. The van der Waals surface area contributed by atoms with Gasteiger partial charge in [0.1, 0.15) is 0 Å². The van der Waals surface area contributed by atoms with Crippen LogP contribution < -0.4 is 10.6 Å². The van der Waals surface area contributed by atoms with E-state index < -0.39 is 0 Å². The summed E-state index contributed by atoms with van der Waals surface area (Å²) in [6, 6.07) is 0.129. The summed E-state index contributed by atoms with van der Waals surface area (Å²) in [6.45, 7) is 3.70. The van der Waals surface area contributed by atoms with Gasteiger partial charge in [-0.15, -0.1) is 12.4 Å². The number of hydrogen-bond donors (Lipinski definition) is 2. The van der Waals surface area contributed by atoms with Crippen LogP contribution in [0.4, 0.5) is 0 Å². The highest BCUT2D eigenvalue weighted by Crippen LogP contribution is 2.11. The molecule has 1 aliphatic heterocycles. The third-order valence-electron chi connectivity index (χ3n) is 2.77. The molecule has 0 aromatic heterocycles. The Kier molecular flexibility index (Phi) is 7.91. The molecule has 1 heterocycles. The van der Waals surface area contributed by atoms with E-state index >= 15 is 0 Å². The van der Waals surface area contributed by atoms with Gasteiger partial charge in [0, 0.05) is 39.0 Å². The molecule has 0 aromatic carbocycles. The molecule has 0 radical (unpaired) electrons. The van der Waals surface area contributed by atoms with Gasteiger partial charge in [-0.3, -0.25) is 9.59 Å². The molecule has 2 amide bonds. The van der Waals surface area contributed by atoms with Crippen LogP contribution in [-0.2, 0) is 9.59 Å². The Hall–Kier alpha value is -0.810. The lowest BCUT2D eigenvalue weighted by atomic mass is 10.1. The summed E-state index contributed by atoms with van der Waals surface area (Å²) in [6.07, 6.45) is 2.47. The van der Waals surface area contributed by atoms with E-state index in [4.69, 9.17) is 0 Å². The molecule has 0 saturated carbocycles. The van der Waals surface area contributed by atoms with Crippen molar-refractivity contribution in [2.45, 2.75) is 32.2 Å². The predicted molar refractivity (Wildman–Crippen MR) is 69.2 cm³/mol. The molecule has 5 nitrogen and oxygen atoms in total. The summed E-state index contributed by atoms with van der Waals surface area (Å²) < 4.78 is 0. The third kappa shape index (κ3) is 5.89. The van der Waals surface area contributed by atoms with Gasteiger partial charge in [-0.25, -0.2) is 0 Å². The zero-order chi connectivity index (χ0) is 12.0. The maximum atomic E-state index is 11.8. The normalized spacial score (nSPS) is 19.4. The number of hydrogen-bond acceptors (Lipinski definition) is 3. The number of carbonyl (C=O) groups excluding carboxylic acids is 2. The van der Waals surface area contributed by atoms with E-state index in [1.165, 1.54) is 6.92 Å². The van der Waals surface area contributed by atoms with E-state index in [0.29, 0.717) is 19.5 Å². The first kappa shape index (κ1) is 16.2. The van der Waals surface area contributed by atoms with E-state index in [-0.39, 0.29) is 30.3 Å². The fourth-order valence-corrected chi connectivity index (χ4v) is 2.00. The van der Waals surface area contributed by atoms with Crippen molar-refractivity contribution in [3.05, 3.63) is 0 Å². The molecular weight excluding hydrogens is 242 g/mol. The zero-order valence-electron chi connectivity index (χ0n) is 10.5. The second kappa shape index (κ2) is 8.31. The van der Waals surface area contributed by atoms with Crippen LogP contribution in [0.3, 0.4) is 0 Å². The van der Waals surface area contributed by atoms with Crippen LogP contribution in [-0.4, -0.2) is 49.4 Å². The van der Waals surface area contributed by atoms with Crippen molar-refractivity contribution in [1.29, 1.82) is 0 Å².